The highest BCUT2D eigenvalue weighted by Crippen LogP contribution is 2.37. The van der Waals surface area contributed by atoms with Crippen LogP contribution in [0.1, 0.15) is 50.2 Å². The molecule has 2 saturated heterocycles. The summed E-state index contributed by atoms with van der Waals surface area (Å²) in [5.41, 5.74) is -0.983. The van der Waals surface area contributed by atoms with Gasteiger partial charge in [-0.25, -0.2) is 4.39 Å². The quantitative estimate of drug-likeness (QED) is 0.830. The molecule has 1 aromatic rings. The number of amides is 1. The lowest BCUT2D eigenvalue weighted by Crippen LogP contribution is -2.43. The predicted octanol–water partition coefficient (Wildman–Crippen LogP) is 2.01. The largest absolute Gasteiger partial charge is 0.505 e. The Kier molecular flexibility index (Phi) is 5.01. The third-order valence-electron chi connectivity index (χ3n) is 5.45. The minimum absolute atomic E-state index is 0.101. The average molecular weight is 368 g/mol. The van der Waals surface area contributed by atoms with Crippen LogP contribution in [0.15, 0.2) is 6.07 Å². The maximum Gasteiger partial charge on any atom is 0.505 e. The van der Waals surface area contributed by atoms with E-state index in [1.165, 1.54) is 6.07 Å². The lowest BCUT2D eigenvalue weighted by Gasteiger charge is -2.32. The predicted molar refractivity (Wildman–Crippen MR) is 98.0 cm³/mol. The third kappa shape index (κ3) is 3.77. The number of likely N-dealkylation sites (tertiary alicyclic amines) is 1. The number of carbonyl (C=O) groups is 1. The number of thiophene rings is 1. The van der Waals surface area contributed by atoms with Gasteiger partial charge in [0.1, 0.15) is 10.7 Å². The maximum absolute atomic E-state index is 14.3. The van der Waals surface area contributed by atoms with Crippen LogP contribution in [0.25, 0.3) is 0 Å². The molecule has 2 aliphatic rings. The number of rotatable bonds is 3. The van der Waals surface area contributed by atoms with Crippen LogP contribution in [0.3, 0.4) is 0 Å². The van der Waals surface area contributed by atoms with Crippen LogP contribution in [0.4, 0.5) is 4.39 Å². The zero-order valence-electron chi connectivity index (χ0n) is 15.5. The summed E-state index contributed by atoms with van der Waals surface area (Å²) in [6, 6.07) is 1.46. The van der Waals surface area contributed by atoms with Crippen molar-refractivity contribution >= 4 is 29.1 Å². The van der Waals surface area contributed by atoms with Gasteiger partial charge in [0.05, 0.1) is 11.2 Å². The Balaban J connectivity index is 1.69. The Labute approximate surface area is 153 Å². The molecule has 0 aromatic carbocycles. The number of hydrogen-bond acceptors (Lipinski definition) is 5. The molecule has 8 heteroatoms. The van der Waals surface area contributed by atoms with Crippen molar-refractivity contribution in [3.05, 3.63) is 16.8 Å². The average Bonchev–Trinajstić information content (AvgIpc) is 2.99. The zero-order valence-corrected chi connectivity index (χ0v) is 16.3. The Morgan fingerprint density at radius 2 is 1.84 bits per heavy atom. The van der Waals surface area contributed by atoms with Crippen LogP contribution in [-0.2, 0) is 9.31 Å². The van der Waals surface area contributed by atoms with Crippen LogP contribution < -0.4 is 10.1 Å². The number of halogens is 1. The summed E-state index contributed by atoms with van der Waals surface area (Å²) in [5.74, 6) is -0.861. The smallest absolute Gasteiger partial charge is 0.399 e. The first-order valence-electron chi connectivity index (χ1n) is 8.73. The van der Waals surface area contributed by atoms with Gasteiger partial charge in [-0.1, -0.05) is 0 Å². The second kappa shape index (κ2) is 6.65. The van der Waals surface area contributed by atoms with E-state index < -0.39 is 24.1 Å². The van der Waals surface area contributed by atoms with E-state index in [-0.39, 0.29) is 16.8 Å². The lowest BCUT2D eigenvalue weighted by atomic mass is 9.88. The van der Waals surface area contributed by atoms with Crippen molar-refractivity contribution in [1.82, 2.24) is 10.2 Å². The monoisotopic (exact) mass is 368 g/mol. The summed E-state index contributed by atoms with van der Waals surface area (Å²) in [6.07, 6.45) is 1.78. The molecular weight excluding hydrogens is 342 g/mol. The summed E-state index contributed by atoms with van der Waals surface area (Å²) < 4.78 is 26.8. The molecule has 2 aliphatic heterocycles. The van der Waals surface area contributed by atoms with Crippen molar-refractivity contribution in [1.29, 1.82) is 0 Å². The highest BCUT2D eigenvalue weighted by atomic mass is 32.1. The zero-order chi connectivity index (χ0) is 18.4. The number of nitrogens with zero attached hydrogens (tertiary/aromatic N) is 1. The van der Waals surface area contributed by atoms with Crippen LogP contribution >= 0.6 is 11.3 Å². The third-order valence-corrected chi connectivity index (χ3v) is 6.58. The topological polar surface area (TPSA) is 50.8 Å². The molecule has 1 aromatic heterocycles. The number of nitrogens with one attached hydrogen (secondary N) is 1. The summed E-state index contributed by atoms with van der Waals surface area (Å²) in [5, 5.41) is 2.96. The fourth-order valence-corrected chi connectivity index (χ4v) is 3.92. The molecule has 1 amide bonds. The maximum atomic E-state index is 14.3. The normalized spacial score (nSPS) is 23.8. The van der Waals surface area contributed by atoms with Crippen molar-refractivity contribution in [2.45, 2.75) is 57.8 Å². The fraction of sp³-hybridized carbons (Fsp3) is 0.706. The molecule has 0 saturated carbocycles. The molecule has 3 rings (SSSR count). The summed E-state index contributed by atoms with van der Waals surface area (Å²) >= 11 is 1.11. The molecule has 0 spiro atoms. The van der Waals surface area contributed by atoms with Crippen LogP contribution in [0.2, 0.25) is 0 Å². The molecule has 5 nitrogen and oxygen atoms in total. The molecule has 0 aliphatic carbocycles. The summed E-state index contributed by atoms with van der Waals surface area (Å²) in [6.45, 7) is 9.68. The second-order valence-corrected chi connectivity index (χ2v) is 9.05. The molecule has 2 fully saturated rings. The van der Waals surface area contributed by atoms with Crippen molar-refractivity contribution in [2.75, 3.05) is 20.1 Å². The molecule has 0 atom stereocenters. The van der Waals surface area contributed by atoms with Crippen LogP contribution in [0.5, 0.6) is 0 Å². The van der Waals surface area contributed by atoms with Gasteiger partial charge in [0.25, 0.3) is 5.91 Å². The first kappa shape index (κ1) is 18.8. The van der Waals surface area contributed by atoms with Crippen molar-refractivity contribution in [3.8, 4) is 0 Å². The fourth-order valence-electron chi connectivity index (χ4n) is 3.02. The van der Waals surface area contributed by atoms with Gasteiger partial charge in [-0.15, -0.1) is 11.3 Å². The highest BCUT2D eigenvalue weighted by molar-refractivity contribution is 7.23. The van der Waals surface area contributed by atoms with Gasteiger partial charge in [0, 0.05) is 10.8 Å². The first-order valence-corrected chi connectivity index (χ1v) is 9.55. The van der Waals surface area contributed by atoms with Gasteiger partial charge in [0.2, 0.25) is 0 Å². The van der Waals surface area contributed by atoms with Crippen molar-refractivity contribution < 1.29 is 18.5 Å². The molecule has 0 radical (unpaired) electrons. The molecular formula is C17H26BFN2O3S. The minimum atomic E-state index is -0.644. The van der Waals surface area contributed by atoms with Crippen LogP contribution in [-0.4, -0.2) is 55.3 Å². The Morgan fingerprint density at radius 3 is 2.40 bits per heavy atom. The lowest BCUT2D eigenvalue weighted by molar-refractivity contribution is 0.00578. The second-order valence-electron chi connectivity index (χ2n) is 7.97. The molecule has 1 N–H and O–H groups in total. The van der Waals surface area contributed by atoms with E-state index in [0.717, 1.165) is 37.3 Å². The van der Waals surface area contributed by atoms with Crippen molar-refractivity contribution in [2.24, 2.45) is 0 Å². The molecule has 3 heterocycles. The van der Waals surface area contributed by atoms with Gasteiger partial charge >= 0.3 is 7.12 Å². The van der Waals surface area contributed by atoms with E-state index in [4.69, 9.17) is 9.31 Å². The number of carbonyl (C=O) groups excluding carboxylic acids is 1. The van der Waals surface area contributed by atoms with Crippen LogP contribution in [0, 0.1) is 5.82 Å². The van der Waals surface area contributed by atoms with E-state index in [1.807, 2.05) is 27.7 Å². The van der Waals surface area contributed by atoms with E-state index in [2.05, 4.69) is 17.3 Å². The molecule has 0 bridgehead atoms. The summed E-state index contributed by atoms with van der Waals surface area (Å²) in [4.78, 5) is 14.8. The van der Waals surface area contributed by atoms with E-state index in [9.17, 15) is 9.18 Å². The van der Waals surface area contributed by atoms with E-state index >= 15 is 0 Å². The van der Waals surface area contributed by atoms with Gasteiger partial charge in [0.15, 0.2) is 0 Å². The number of hydrogen-bond donors (Lipinski definition) is 1. The van der Waals surface area contributed by atoms with Gasteiger partial charge in [-0.2, -0.15) is 0 Å². The SMILES string of the molecule is CN1CCC(NC(=O)c2sc(B3OC(C)(C)C(C)(C)O3)cc2F)CC1. The molecule has 138 valence electrons. The van der Waals surface area contributed by atoms with Gasteiger partial charge in [-0.05, 0) is 66.7 Å². The standard InChI is InChI=1S/C17H26BFN2O3S/c1-16(2)17(3,4)24-18(23-16)13-10-12(19)14(25-13)15(22)20-11-6-8-21(5)9-7-11/h10-11H,6-9H2,1-5H3,(H,20,22). The van der Waals surface area contributed by atoms with Crippen molar-refractivity contribution in [3.63, 3.8) is 0 Å². The number of piperidine rings is 1. The van der Waals surface area contributed by atoms with Gasteiger partial charge < -0.3 is 19.5 Å². The van der Waals surface area contributed by atoms with Gasteiger partial charge in [-0.3, -0.25) is 4.79 Å². The Morgan fingerprint density at radius 1 is 1.28 bits per heavy atom. The molecule has 25 heavy (non-hydrogen) atoms. The van der Waals surface area contributed by atoms with E-state index in [1.54, 1.807) is 0 Å². The Bertz CT molecular complexity index is 640. The van der Waals surface area contributed by atoms with E-state index in [0.29, 0.717) is 4.78 Å². The first-order chi connectivity index (χ1) is 11.6. The summed E-state index contributed by atoms with van der Waals surface area (Å²) in [7, 11) is 1.42. The minimum Gasteiger partial charge on any atom is -0.399 e. The highest BCUT2D eigenvalue weighted by Gasteiger charge is 2.52. The Hall–Kier alpha value is -0.955. The molecule has 0 unspecified atom stereocenters.